The van der Waals surface area contributed by atoms with Crippen LogP contribution in [0.2, 0.25) is 0 Å². The monoisotopic (exact) mass is 556 g/mol. The van der Waals surface area contributed by atoms with E-state index < -0.39 is 24.1 Å². The molecule has 220 valence electrons. The third kappa shape index (κ3) is 7.62. The number of aliphatic hydroxyl groups is 1. The van der Waals surface area contributed by atoms with Crippen molar-refractivity contribution in [1.82, 2.24) is 20.3 Å². The van der Waals surface area contributed by atoms with Gasteiger partial charge in [0, 0.05) is 37.5 Å². The summed E-state index contributed by atoms with van der Waals surface area (Å²) in [6, 6.07) is 6.93. The molecule has 0 aliphatic carbocycles. The molecule has 1 fully saturated rings. The van der Waals surface area contributed by atoms with Crippen molar-refractivity contribution in [2.24, 2.45) is 5.92 Å². The smallest absolute Gasteiger partial charge is 0.255 e. The molecule has 1 aliphatic heterocycles. The second-order valence-electron chi connectivity index (χ2n) is 12.3. The molecule has 3 atom stereocenters. The number of nitrogens with zero attached hydrogens (tertiary/aromatic N) is 3. The molecule has 1 aromatic heterocycles. The number of rotatable bonds is 10. The second-order valence-corrected chi connectivity index (χ2v) is 12.3. The molecule has 10 heteroatoms. The van der Waals surface area contributed by atoms with Gasteiger partial charge in [0.05, 0.1) is 11.7 Å². The number of aliphatic hydroxyl groups excluding tert-OH is 1. The van der Waals surface area contributed by atoms with Gasteiger partial charge in [-0.3, -0.25) is 14.4 Å². The summed E-state index contributed by atoms with van der Waals surface area (Å²) in [4.78, 5) is 43.4. The van der Waals surface area contributed by atoms with Gasteiger partial charge in [-0.05, 0) is 38.3 Å². The van der Waals surface area contributed by atoms with Gasteiger partial charge in [0.2, 0.25) is 11.8 Å². The average Bonchev–Trinajstić information content (AvgIpc) is 3.52. The van der Waals surface area contributed by atoms with Crippen molar-refractivity contribution in [3.63, 3.8) is 0 Å². The van der Waals surface area contributed by atoms with Crippen molar-refractivity contribution < 1.29 is 28.8 Å². The van der Waals surface area contributed by atoms with Crippen molar-refractivity contribution in [3.05, 3.63) is 47.3 Å². The fourth-order valence-electron chi connectivity index (χ4n) is 4.58. The summed E-state index contributed by atoms with van der Waals surface area (Å²) in [6.07, 6.45) is -0.270. The first-order valence-electron chi connectivity index (χ1n) is 13.9. The highest BCUT2D eigenvalue weighted by Gasteiger charge is 2.43. The Morgan fingerprint density at radius 2 is 1.88 bits per heavy atom. The molecule has 2 aromatic rings. The van der Waals surface area contributed by atoms with Crippen LogP contribution < -0.4 is 10.1 Å². The minimum absolute atomic E-state index is 0.0413. The van der Waals surface area contributed by atoms with Crippen LogP contribution in [-0.4, -0.2) is 75.6 Å². The maximum Gasteiger partial charge on any atom is 0.255 e. The molecule has 1 saturated heterocycles. The predicted molar refractivity (Wildman–Crippen MR) is 151 cm³/mol. The fourth-order valence-corrected chi connectivity index (χ4v) is 4.58. The number of β-amino-alcohol motifs (C(OH)–C–C–N with tert-alkyl or cyclic N) is 1. The van der Waals surface area contributed by atoms with Gasteiger partial charge < -0.3 is 29.5 Å². The minimum Gasteiger partial charge on any atom is -0.486 e. The van der Waals surface area contributed by atoms with Gasteiger partial charge >= 0.3 is 0 Å². The maximum absolute atomic E-state index is 13.8. The van der Waals surface area contributed by atoms with Gasteiger partial charge in [-0.2, -0.15) is 0 Å². The van der Waals surface area contributed by atoms with Crippen LogP contribution in [-0.2, 0) is 21.6 Å². The van der Waals surface area contributed by atoms with Gasteiger partial charge in [0.25, 0.3) is 5.91 Å². The van der Waals surface area contributed by atoms with Gasteiger partial charge in [-0.25, -0.2) is 0 Å². The molecule has 40 heavy (non-hydrogen) atoms. The number of amides is 3. The zero-order chi connectivity index (χ0) is 29.8. The number of aromatic nitrogens is 1. The lowest BCUT2D eigenvalue weighted by Gasteiger charge is -2.32. The Morgan fingerprint density at radius 1 is 1.20 bits per heavy atom. The first-order chi connectivity index (χ1) is 18.7. The van der Waals surface area contributed by atoms with E-state index in [1.54, 1.807) is 36.2 Å². The zero-order valence-electron chi connectivity index (χ0n) is 24.9. The van der Waals surface area contributed by atoms with Crippen LogP contribution in [0.4, 0.5) is 0 Å². The first-order valence-corrected chi connectivity index (χ1v) is 13.9. The second kappa shape index (κ2) is 12.8. The Balaban J connectivity index is 1.78. The van der Waals surface area contributed by atoms with Crippen molar-refractivity contribution in [1.29, 1.82) is 0 Å². The lowest BCUT2D eigenvalue weighted by molar-refractivity contribution is -0.145. The maximum atomic E-state index is 13.8. The van der Waals surface area contributed by atoms with E-state index in [0.29, 0.717) is 17.9 Å². The number of likely N-dealkylation sites (N-methyl/N-ethyl adjacent to an activating group) is 1. The van der Waals surface area contributed by atoms with Crippen LogP contribution in [0.3, 0.4) is 0 Å². The van der Waals surface area contributed by atoms with E-state index in [1.807, 2.05) is 54.5 Å². The van der Waals surface area contributed by atoms with Crippen LogP contribution in [0.15, 0.2) is 34.9 Å². The minimum atomic E-state index is -0.879. The van der Waals surface area contributed by atoms with Crippen molar-refractivity contribution in [3.8, 4) is 5.75 Å². The molecule has 3 rings (SSSR count). The Kier molecular flexibility index (Phi) is 10.00. The summed E-state index contributed by atoms with van der Waals surface area (Å²) in [5, 5.41) is 17.3. The Bertz CT molecular complexity index is 1180. The molecule has 1 aliphatic rings. The van der Waals surface area contributed by atoms with Gasteiger partial charge in [0.1, 0.15) is 35.9 Å². The van der Waals surface area contributed by atoms with Gasteiger partial charge in [-0.1, -0.05) is 51.9 Å². The van der Waals surface area contributed by atoms with E-state index in [0.717, 1.165) is 5.76 Å². The Hall–Kier alpha value is -3.40. The van der Waals surface area contributed by atoms with Crippen LogP contribution in [0.25, 0.3) is 0 Å². The molecule has 0 saturated carbocycles. The van der Waals surface area contributed by atoms with Crippen molar-refractivity contribution in [2.45, 2.75) is 97.6 Å². The highest BCUT2D eigenvalue weighted by molar-refractivity contribution is 6.00. The molecule has 1 aromatic carbocycles. The summed E-state index contributed by atoms with van der Waals surface area (Å²) in [7, 11) is 1.69. The quantitative estimate of drug-likeness (QED) is 0.459. The lowest BCUT2D eigenvalue weighted by atomic mass is 9.93. The zero-order valence-corrected chi connectivity index (χ0v) is 24.9. The van der Waals surface area contributed by atoms with Gasteiger partial charge in [-0.15, -0.1) is 0 Å². The number of carbonyl (C=O) groups excluding carboxylic acids is 3. The van der Waals surface area contributed by atoms with E-state index in [4.69, 9.17) is 9.26 Å². The van der Waals surface area contributed by atoms with Crippen molar-refractivity contribution in [2.75, 3.05) is 13.6 Å². The number of benzene rings is 1. The molecule has 0 bridgehead atoms. The predicted octanol–water partition coefficient (Wildman–Crippen LogP) is 3.52. The molecule has 3 amide bonds. The topological polar surface area (TPSA) is 125 Å². The highest BCUT2D eigenvalue weighted by Crippen LogP contribution is 2.26. The third-order valence-electron chi connectivity index (χ3n) is 7.09. The van der Waals surface area contributed by atoms with Crippen LogP contribution >= 0.6 is 0 Å². The Morgan fingerprint density at radius 3 is 2.48 bits per heavy atom. The van der Waals surface area contributed by atoms with E-state index >= 15 is 0 Å². The summed E-state index contributed by atoms with van der Waals surface area (Å²) >= 11 is 0. The Labute approximate surface area is 237 Å². The summed E-state index contributed by atoms with van der Waals surface area (Å²) in [5.74, 6) is 0.0902. The third-order valence-corrected chi connectivity index (χ3v) is 7.09. The molecular weight excluding hydrogens is 512 g/mol. The number of hydrogen-bond acceptors (Lipinski definition) is 7. The summed E-state index contributed by atoms with van der Waals surface area (Å²) in [5.41, 5.74) is 0.681. The van der Waals surface area contributed by atoms with E-state index in [-0.39, 0.29) is 54.3 Å². The number of nitrogens with one attached hydrogen (secondary N) is 1. The molecule has 2 heterocycles. The van der Waals surface area contributed by atoms with Crippen LogP contribution in [0.1, 0.15) is 83.1 Å². The number of likely N-dealkylation sites (tertiary alicyclic amines) is 1. The molecule has 0 unspecified atom stereocenters. The summed E-state index contributed by atoms with van der Waals surface area (Å²) in [6.45, 7) is 13.9. The fraction of sp³-hybridized carbons (Fsp3) is 0.600. The number of hydrogen-bond donors (Lipinski definition) is 2. The molecule has 0 spiro atoms. The molecule has 0 radical (unpaired) electrons. The van der Waals surface area contributed by atoms with E-state index in [2.05, 4.69) is 10.5 Å². The van der Waals surface area contributed by atoms with E-state index in [1.165, 1.54) is 4.90 Å². The van der Waals surface area contributed by atoms with Crippen LogP contribution in [0.5, 0.6) is 5.75 Å². The molecule has 2 N–H and O–H groups in total. The average molecular weight is 557 g/mol. The van der Waals surface area contributed by atoms with Crippen LogP contribution in [0, 0.1) is 5.92 Å². The molecule has 10 nitrogen and oxygen atoms in total. The standard InChI is InChI=1S/C30H44N4O6/c1-18(2)13-23(28(37)34-16-21(35)15-24(34)29(38)33(8)19(3)4)31-27(36)22-11-9-10-12-25(22)39-17-20-14-26(40-32-20)30(5,6)7/h9-12,14,18-19,21,23-24,35H,13,15-17H2,1-8H3,(H,31,36)/t21-,23-,24+/m1/s1. The highest BCUT2D eigenvalue weighted by atomic mass is 16.5. The molecular formula is C30H44N4O6. The number of carbonyl (C=O) groups is 3. The lowest BCUT2D eigenvalue weighted by Crippen LogP contribution is -2.54. The van der Waals surface area contributed by atoms with Crippen molar-refractivity contribution >= 4 is 17.7 Å². The summed E-state index contributed by atoms with van der Waals surface area (Å²) < 4.78 is 11.4. The normalized spacial score (nSPS) is 18.2. The SMILES string of the molecule is CC(C)C[C@@H](NC(=O)c1ccccc1OCc1cc(C(C)(C)C)on1)C(=O)N1C[C@H](O)C[C@H]1C(=O)N(C)C(C)C. The number of ether oxygens (including phenoxy) is 1. The largest absolute Gasteiger partial charge is 0.486 e. The number of para-hydroxylation sites is 1. The van der Waals surface area contributed by atoms with Gasteiger partial charge in [0.15, 0.2) is 0 Å². The van der Waals surface area contributed by atoms with E-state index in [9.17, 15) is 19.5 Å². The first kappa shape index (κ1) is 31.1.